The van der Waals surface area contributed by atoms with E-state index in [9.17, 15) is 5.11 Å². The zero-order valence-corrected chi connectivity index (χ0v) is 7.55. The molecule has 3 N–H and O–H groups in total. The molecule has 4 heteroatoms. The van der Waals surface area contributed by atoms with Crippen LogP contribution in [0.25, 0.3) is 0 Å². The minimum atomic E-state index is -0.154. The highest BCUT2D eigenvalue weighted by Gasteiger charge is 2.19. The standard InChI is InChI=1S/C8H18N2O2/c1-9-10-6-12-8-4-2-3-7(11)5-8/h7-11H,2-6H2,1H3. The van der Waals surface area contributed by atoms with Gasteiger partial charge in [0.15, 0.2) is 0 Å². The molecule has 0 aliphatic heterocycles. The molecule has 2 unspecified atom stereocenters. The third kappa shape index (κ3) is 3.49. The first-order valence-corrected chi connectivity index (χ1v) is 4.52. The van der Waals surface area contributed by atoms with Crippen molar-refractivity contribution < 1.29 is 9.84 Å². The van der Waals surface area contributed by atoms with E-state index >= 15 is 0 Å². The van der Waals surface area contributed by atoms with Crippen molar-refractivity contribution in [2.24, 2.45) is 0 Å². The predicted octanol–water partition coefficient (Wildman–Crippen LogP) is -0.0120. The number of hydrazine groups is 1. The zero-order valence-electron chi connectivity index (χ0n) is 7.55. The van der Waals surface area contributed by atoms with Crippen LogP contribution in [-0.4, -0.2) is 31.1 Å². The van der Waals surface area contributed by atoms with Crippen LogP contribution in [0.4, 0.5) is 0 Å². The van der Waals surface area contributed by atoms with Gasteiger partial charge in [-0.05, 0) is 32.7 Å². The van der Waals surface area contributed by atoms with Gasteiger partial charge in [0.25, 0.3) is 0 Å². The second-order valence-electron chi connectivity index (χ2n) is 3.18. The third-order valence-electron chi connectivity index (χ3n) is 2.17. The van der Waals surface area contributed by atoms with Gasteiger partial charge in [-0.1, -0.05) is 0 Å². The zero-order chi connectivity index (χ0) is 8.81. The van der Waals surface area contributed by atoms with Crippen molar-refractivity contribution in [3.8, 4) is 0 Å². The van der Waals surface area contributed by atoms with E-state index < -0.39 is 0 Å². The average Bonchev–Trinajstić information content (AvgIpc) is 2.05. The Labute approximate surface area is 73.3 Å². The Hall–Kier alpha value is -0.160. The molecule has 1 aliphatic carbocycles. The van der Waals surface area contributed by atoms with Crippen LogP contribution in [0.2, 0.25) is 0 Å². The monoisotopic (exact) mass is 174 g/mol. The molecule has 0 aromatic heterocycles. The van der Waals surface area contributed by atoms with Gasteiger partial charge in [0.05, 0.1) is 12.2 Å². The van der Waals surface area contributed by atoms with Crippen LogP contribution in [0.3, 0.4) is 0 Å². The van der Waals surface area contributed by atoms with Crippen LogP contribution in [0.15, 0.2) is 0 Å². The van der Waals surface area contributed by atoms with Gasteiger partial charge >= 0.3 is 0 Å². The van der Waals surface area contributed by atoms with Crippen molar-refractivity contribution in [1.29, 1.82) is 0 Å². The Morgan fingerprint density at radius 3 is 3.00 bits per heavy atom. The van der Waals surface area contributed by atoms with Crippen LogP contribution < -0.4 is 10.9 Å². The van der Waals surface area contributed by atoms with E-state index in [1.807, 2.05) is 0 Å². The first-order valence-electron chi connectivity index (χ1n) is 4.52. The van der Waals surface area contributed by atoms with Crippen molar-refractivity contribution in [1.82, 2.24) is 10.9 Å². The summed E-state index contributed by atoms with van der Waals surface area (Å²) >= 11 is 0. The van der Waals surface area contributed by atoms with E-state index in [1.54, 1.807) is 7.05 Å². The fourth-order valence-electron chi connectivity index (χ4n) is 1.50. The molecule has 0 spiro atoms. The van der Waals surface area contributed by atoms with Gasteiger partial charge < -0.3 is 9.84 Å². The molecular weight excluding hydrogens is 156 g/mol. The van der Waals surface area contributed by atoms with E-state index in [-0.39, 0.29) is 12.2 Å². The minimum absolute atomic E-state index is 0.154. The lowest BCUT2D eigenvalue weighted by Gasteiger charge is -2.25. The van der Waals surface area contributed by atoms with Gasteiger partial charge in [0.2, 0.25) is 0 Å². The number of rotatable bonds is 4. The third-order valence-corrected chi connectivity index (χ3v) is 2.17. The molecular formula is C8H18N2O2. The lowest BCUT2D eigenvalue weighted by atomic mass is 9.95. The van der Waals surface area contributed by atoms with Crippen molar-refractivity contribution >= 4 is 0 Å². The SMILES string of the molecule is CNNCOC1CCCC(O)C1. The van der Waals surface area contributed by atoms with Crippen molar-refractivity contribution in [3.05, 3.63) is 0 Å². The number of hydrogen-bond donors (Lipinski definition) is 3. The predicted molar refractivity (Wildman–Crippen MR) is 46.4 cm³/mol. The molecule has 2 atom stereocenters. The summed E-state index contributed by atoms with van der Waals surface area (Å²) in [5, 5.41) is 9.32. The topological polar surface area (TPSA) is 53.5 Å². The van der Waals surface area contributed by atoms with Crippen LogP contribution in [0.5, 0.6) is 0 Å². The van der Waals surface area contributed by atoms with Crippen LogP contribution in [0, 0.1) is 0 Å². The first kappa shape index (κ1) is 9.92. The average molecular weight is 174 g/mol. The molecule has 12 heavy (non-hydrogen) atoms. The summed E-state index contributed by atoms with van der Waals surface area (Å²) in [4.78, 5) is 0. The van der Waals surface area contributed by atoms with Crippen molar-refractivity contribution in [2.45, 2.75) is 37.9 Å². The molecule has 1 fully saturated rings. The normalized spacial score (nSPS) is 30.5. The maximum atomic E-state index is 9.32. The Balaban J connectivity index is 2.06. The molecule has 0 bridgehead atoms. The highest BCUT2D eigenvalue weighted by Crippen LogP contribution is 2.20. The molecule has 4 nitrogen and oxygen atoms in total. The molecule has 72 valence electrons. The summed E-state index contributed by atoms with van der Waals surface area (Å²) in [6.07, 6.45) is 3.94. The molecule has 1 rings (SSSR count). The maximum Gasteiger partial charge on any atom is 0.109 e. The Kier molecular flexibility index (Phi) is 4.53. The minimum Gasteiger partial charge on any atom is -0.393 e. The van der Waals surface area contributed by atoms with Gasteiger partial charge in [0, 0.05) is 0 Å². The van der Waals surface area contributed by atoms with E-state index in [2.05, 4.69) is 10.9 Å². The fourth-order valence-corrected chi connectivity index (χ4v) is 1.50. The molecule has 1 aliphatic rings. The summed E-state index contributed by atoms with van der Waals surface area (Å²) in [6.45, 7) is 0.508. The van der Waals surface area contributed by atoms with E-state index in [0.717, 1.165) is 25.7 Å². The molecule has 0 aromatic rings. The molecule has 0 heterocycles. The second kappa shape index (κ2) is 5.48. The lowest BCUT2D eigenvalue weighted by Crippen LogP contribution is -2.34. The number of aliphatic hydroxyl groups is 1. The highest BCUT2D eigenvalue weighted by atomic mass is 16.5. The smallest absolute Gasteiger partial charge is 0.109 e. The van der Waals surface area contributed by atoms with Gasteiger partial charge in [-0.3, -0.25) is 5.43 Å². The molecule has 0 amide bonds. The summed E-state index contributed by atoms with van der Waals surface area (Å²) in [6, 6.07) is 0. The van der Waals surface area contributed by atoms with E-state index in [0.29, 0.717) is 6.73 Å². The summed E-state index contributed by atoms with van der Waals surface area (Å²) in [5.74, 6) is 0. The van der Waals surface area contributed by atoms with E-state index in [1.165, 1.54) is 0 Å². The van der Waals surface area contributed by atoms with Crippen molar-refractivity contribution in [3.63, 3.8) is 0 Å². The van der Waals surface area contributed by atoms with Gasteiger partial charge in [-0.15, -0.1) is 0 Å². The second-order valence-corrected chi connectivity index (χ2v) is 3.18. The number of hydrogen-bond acceptors (Lipinski definition) is 4. The molecule has 0 aromatic carbocycles. The van der Waals surface area contributed by atoms with Crippen LogP contribution >= 0.6 is 0 Å². The van der Waals surface area contributed by atoms with Gasteiger partial charge in [-0.25, -0.2) is 5.43 Å². The molecule has 0 saturated heterocycles. The largest absolute Gasteiger partial charge is 0.393 e. The van der Waals surface area contributed by atoms with Crippen LogP contribution in [0.1, 0.15) is 25.7 Å². The summed E-state index contributed by atoms with van der Waals surface area (Å²) in [7, 11) is 1.80. The fraction of sp³-hybridized carbons (Fsp3) is 1.00. The summed E-state index contributed by atoms with van der Waals surface area (Å²) in [5.41, 5.74) is 5.64. The number of ether oxygens (including phenoxy) is 1. The lowest BCUT2D eigenvalue weighted by molar-refractivity contribution is -0.0242. The summed E-state index contributed by atoms with van der Waals surface area (Å²) < 4.78 is 5.46. The van der Waals surface area contributed by atoms with Crippen LogP contribution in [-0.2, 0) is 4.74 Å². The number of nitrogens with one attached hydrogen (secondary N) is 2. The molecule has 1 saturated carbocycles. The van der Waals surface area contributed by atoms with Crippen molar-refractivity contribution in [2.75, 3.05) is 13.8 Å². The highest BCUT2D eigenvalue weighted by molar-refractivity contribution is 4.71. The maximum absolute atomic E-state index is 9.32. The molecule has 0 radical (unpaired) electrons. The van der Waals surface area contributed by atoms with E-state index in [4.69, 9.17) is 4.74 Å². The van der Waals surface area contributed by atoms with Gasteiger partial charge in [-0.2, -0.15) is 0 Å². The quantitative estimate of drug-likeness (QED) is 0.319. The number of aliphatic hydroxyl groups excluding tert-OH is 1. The van der Waals surface area contributed by atoms with Gasteiger partial charge in [0.1, 0.15) is 6.73 Å². The Morgan fingerprint density at radius 2 is 2.33 bits per heavy atom. The Bertz CT molecular complexity index is 122. The Morgan fingerprint density at radius 1 is 1.50 bits per heavy atom. The first-order chi connectivity index (χ1) is 5.83.